The van der Waals surface area contributed by atoms with Gasteiger partial charge >= 0.3 is 0 Å². The molecule has 0 saturated carbocycles. The molecule has 0 spiro atoms. The second kappa shape index (κ2) is 4.42. The Kier molecular flexibility index (Phi) is 2.54. The lowest BCUT2D eigenvalue weighted by Crippen LogP contribution is -1.86. The number of aryl methyl sites for hydroxylation is 1. The quantitative estimate of drug-likeness (QED) is 0.530. The minimum atomic E-state index is -0.207. The average molecular weight is 276 g/mol. The summed E-state index contributed by atoms with van der Waals surface area (Å²) in [6.45, 7) is 2.05. The molecule has 0 aliphatic carbocycles. The van der Waals surface area contributed by atoms with E-state index in [2.05, 4.69) is 16.0 Å². The molecule has 4 aromatic rings. The number of fused-ring (bicyclic) bond motifs is 2. The molecule has 3 heteroatoms. The minimum absolute atomic E-state index is 0.207. The zero-order valence-corrected chi connectivity index (χ0v) is 11.5. The Balaban J connectivity index is 2.02. The van der Waals surface area contributed by atoms with E-state index in [-0.39, 0.29) is 5.82 Å². The predicted molar refractivity (Wildman–Crippen MR) is 83.7 cm³/mol. The van der Waals surface area contributed by atoms with Crippen LogP contribution in [0.3, 0.4) is 0 Å². The van der Waals surface area contributed by atoms with Gasteiger partial charge < -0.3 is 4.98 Å². The van der Waals surface area contributed by atoms with Crippen LogP contribution >= 0.6 is 0 Å². The van der Waals surface area contributed by atoms with Crippen molar-refractivity contribution in [2.45, 2.75) is 6.92 Å². The highest BCUT2D eigenvalue weighted by Gasteiger charge is 2.11. The van der Waals surface area contributed by atoms with Crippen LogP contribution in [0.1, 0.15) is 5.56 Å². The summed E-state index contributed by atoms with van der Waals surface area (Å²) in [5, 5.41) is 1.49. The van der Waals surface area contributed by atoms with Crippen molar-refractivity contribution in [3.05, 3.63) is 66.0 Å². The molecular formula is C18H13FN2. The monoisotopic (exact) mass is 276 g/mol. The molecule has 21 heavy (non-hydrogen) atoms. The SMILES string of the molecule is Cc1ccc2nc(-c3ccc(F)c4ccccc34)[nH]c2c1. The van der Waals surface area contributed by atoms with Crippen molar-refractivity contribution in [2.75, 3.05) is 0 Å². The van der Waals surface area contributed by atoms with Crippen LogP contribution in [0.2, 0.25) is 0 Å². The van der Waals surface area contributed by atoms with Gasteiger partial charge in [0.15, 0.2) is 0 Å². The third-order valence-corrected chi connectivity index (χ3v) is 3.76. The van der Waals surface area contributed by atoms with Gasteiger partial charge in [0.2, 0.25) is 0 Å². The maximum absolute atomic E-state index is 13.9. The zero-order chi connectivity index (χ0) is 14.4. The molecule has 1 heterocycles. The van der Waals surface area contributed by atoms with Crippen LogP contribution < -0.4 is 0 Å². The Bertz CT molecular complexity index is 969. The highest BCUT2D eigenvalue weighted by molar-refractivity contribution is 5.96. The number of aromatic amines is 1. The molecule has 3 aromatic carbocycles. The number of hydrogen-bond acceptors (Lipinski definition) is 1. The molecule has 1 N–H and O–H groups in total. The number of imidazole rings is 1. The number of nitrogens with one attached hydrogen (secondary N) is 1. The molecule has 2 nitrogen and oxygen atoms in total. The van der Waals surface area contributed by atoms with Crippen LogP contribution in [-0.4, -0.2) is 9.97 Å². The third-order valence-electron chi connectivity index (χ3n) is 3.76. The Morgan fingerprint density at radius 3 is 2.62 bits per heavy atom. The summed E-state index contributed by atoms with van der Waals surface area (Å²) in [6, 6.07) is 16.9. The van der Waals surface area contributed by atoms with E-state index < -0.39 is 0 Å². The summed E-state index contributed by atoms with van der Waals surface area (Å²) in [7, 11) is 0. The average Bonchev–Trinajstić information content (AvgIpc) is 2.90. The summed E-state index contributed by atoms with van der Waals surface area (Å²) in [4.78, 5) is 7.96. The number of nitrogens with zero attached hydrogens (tertiary/aromatic N) is 1. The summed E-state index contributed by atoms with van der Waals surface area (Å²) >= 11 is 0. The fraction of sp³-hybridized carbons (Fsp3) is 0.0556. The van der Waals surface area contributed by atoms with Crippen molar-refractivity contribution < 1.29 is 4.39 Å². The topological polar surface area (TPSA) is 28.7 Å². The Morgan fingerprint density at radius 1 is 0.952 bits per heavy atom. The van der Waals surface area contributed by atoms with E-state index in [0.717, 1.165) is 27.8 Å². The Morgan fingerprint density at radius 2 is 1.76 bits per heavy atom. The lowest BCUT2D eigenvalue weighted by atomic mass is 10.0. The molecule has 0 bridgehead atoms. The van der Waals surface area contributed by atoms with Crippen LogP contribution in [0.4, 0.5) is 4.39 Å². The second-order valence-corrected chi connectivity index (χ2v) is 5.25. The Labute approximate surface area is 121 Å². The summed E-state index contributed by atoms with van der Waals surface area (Å²) in [6.07, 6.45) is 0. The van der Waals surface area contributed by atoms with Gasteiger partial charge in [0.1, 0.15) is 11.6 Å². The minimum Gasteiger partial charge on any atom is -0.338 e. The van der Waals surface area contributed by atoms with Crippen LogP contribution in [0.25, 0.3) is 33.2 Å². The molecule has 102 valence electrons. The molecule has 4 rings (SSSR count). The van der Waals surface area contributed by atoms with Gasteiger partial charge in [-0.1, -0.05) is 30.3 Å². The van der Waals surface area contributed by atoms with Crippen LogP contribution in [-0.2, 0) is 0 Å². The van der Waals surface area contributed by atoms with Gasteiger partial charge in [-0.2, -0.15) is 0 Å². The smallest absolute Gasteiger partial charge is 0.139 e. The van der Waals surface area contributed by atoms with E-state index in [9.17, 15) is 4.39 Å². The highest BCUT2D eigenvalue weighted by Crippen LogP contribution is 2.30. The van der Waals surface area contributed by atoms with Crippen molar-refractivity contribution in [3.8, 4) is 11.4 Å². The largest absolute Gasteiger partial charge is 0.338 e. The van der Waals surface area contributed by atoms with E-state index >= 15 is 0 Å². The molecule has 0 aliphatic rings. The van der Waals surface area contributed by atoms with Crippen LogP contribution in [0, 0.1) is 12.7 Å². The second-order valence-electron chi connectivity index (χ2n) is 5.25. The molecule has 0 radical (unpaired) electrons. The lowest BCUT2D eigenvalue weighted by Gasteiger charge is -2.04. The number of halogens is 1. The fourth-order valence-corrected chi connectivity index (χ4v) is 2.72. The van der Waals surface area contributed by atoms with Gasteiger partial charge in [0.25, 0.3) is 0 Å². The van der Waals surface area contributed by atoms with E-state index in [1.807, 2.05) is 37.3 Å². The maximum Gasteiger partial charge on any atom is 0.139 e. The normalized spacial score (nSPS) is 11.3. The van der Waals surface area contributed by atoms with E-state index in [0.29, 0.717) is 5.39 Å². The van der Waals surface area contributed by atoms with Gasteiger partial charge in [-0.05, 0) is 42.1 Å². The van der Waals surface area contributed by atoms with Crippen molar-refractivity contribution in [1.82, 2.24) is 9.97 Å². The first-order chi connectivity index (χ1) is 10.2. The number of H-pyrrole nitrogens is 1. The fourth-order valence-electron chi connectivity index (χ4n) is 2.72. The summed E-state index contributed by atoms with van der Waals surface area (Å²) in [5.74, 6) is 0.563. The van der Waals surface area contributed by atoms with Crippen molar-refractivity contribution in [3.63, 3.8) is 0 Å². The number of benzene rings is 3. The van der Waals surface area contributed by atoms with Crippen molar-refractivity contribution in [2.24, 2.45) is 0 Å². The van der Waals surface area contributed by atoms with Gasteiger partial charge in [-0.25, -0.2) is 9.37 Å². The molecule has 0 fully saturated rings. The predicted octanol–water partition coefficient (Wildman–Crippen LogP) is 4.83. The molecule has 0 unspecified atom stereocenters. The van der Waals surface area contributed by atoms with Gasteiger partial charge in [0.05, 0.1) is 11.0 Å². The van der Waals surface area contributed by atoms with Crippen molar-refractivity contribution >= 4 is 21.8 Å². The van der Waals surface area contributed by atoms with E-state index in [1.54, 1.807) is 12.1 Å². The lowest BCUT2D eigenvalue weighted by molar-refractivity contribution is 0.640. The standard InChI is InChI=1S/C18H13FN2/c1-11-6-9-16-17(10-11)21-18(20-16)14-7-8-15(19)13-5-3-2-4-12(13)14/h2-10H,1H3,(H,20,21). The first-order valence-electron chi connectivity index (χ1n) is 6.86. The molecule has 1 aromatic heterocycles. The first kappa shape index (κ1) is 12.1. The molecule has 0 amide bonds. The van der Waals surface area contributed by atoms with Crippen molar-refractivity contribution in [1.29, 1.82) is 0 Å². The number of rotatable bonds is 1. The van der Waals surface area contributed by atoms with Gasteiger partial charge in [-0.15, -0.1) is 0 Å². The van der Waals surface area contributed by atoms with E-state index in [4.69, 9.17) is 0 Å². The maximum atomic E-state index is 13.9. The highest BCUT2D eigenvalue weighted by atomic mass is 19.1. The summed E-state index contributed by atoms with van der Waals surface area (Å²) in [5.41, 5.74) is 4.02. The van der Waals surface area contributed by atoms with Gasteiger partial charge in [0, 0.05) is 10.9 Å². The first-order valence-corrected chi connectivity index (χ1v) is 6.86. The molecular weight excluding hydrogens is 263 g/mol. The molecule has 0 atom stereocenters. The Hall–Kier alpha value is -2.68. The van der Waals surface area contributed by atoms with E-state index in [1.165, 1.54) is 11.6 Å². The van der Waals surface area contributed by atoms with Crippen LogP contribution in [0.5, 0.6) is 0 Å². The zero-order valence-electron chi connectivity index (χ0n) is 11.5. The molecule has 0 aliphatic heterocycles. The number of aromatic nitrogens is 2. The summed E-state index contributed by atoms with van der Waals surface area (Å²) < 4.78 is 13.9. The van der Waals surface area contributed by atoms with Gasteiger partial charge in [-0.3, -0.25) is 0 Å². The third kappa shape index (κ3) is 1.89. The van der Waals surface area contributed by atoms with Crippen LogP contribution in [0.15, 0.2) is 54.6 Å². The molecule has 0 saturated heterocycles. The number of hydrogen-bond donors (Lipinski definition) is 1.